The molecule has 1 fully saturated rings. The summed E-state index contributed by atoms with van der Waals surface area (Å²) in [5.74, 6) is -3.63. The number of hydrogen-bond acceptors (Lipinski definition) is 9. The van der Waals surface area contributed by atoms with Crippen LogP contribution in [0.3, 0.4) is 0 Å². The van der Waals surface area contributed by atoms with Gasteiger partial charge in [0, 0.05) is 25.1 Å². The number of carbonyl (C=O) groups excluding carboxylic acids is 3. The van der Waals surface area contributed by atoms with Crippen molar-refractivity contribution >= 4 is 17.7 Å². The first-order valence-electron chi connectivity index (χ1n) is 9.32. The number of ketones is 1. The molecule has 5 atom stereocenters. The molecule has 9 nitrogen and oxygen atoms in total. The van der Waals surface area contributed by atoms with E-state index in [4.69, 9.17) is 9.47 Å². The van der Waals surface area contributed by atoms with E-state index in [1.54, 1.807) is 6.08 Å². The van der Waals surface area contributed by atoms with Crippen LogP contribution in [0.25, 0.3) is 0 Å². The predicted molar refractivity (Wildman–Crippen MR) is 97.1 cm³/mol. The van der Waals surface area contributed by atoms with Gasteiger partial charge in [-0.15, -0.1) is 0 Å². The van der Waals surface area contributed by atoms with Crippen LogP contribution in [-0.4, -0.2) is 88.1 Å². The fraction of sp³-hybridized carbons (Fsp3) is 0.737. The Morgan fingerprint density at radius 2 is 1.89 bits per heavy atom. The summed E-state index contributed by atoms with van der Waals surface area (Å²) >= 11 is 0. The molecule has 2 aliphatic heterocycles. The molecule has 0 aromatic carbocycles. The van der Waals surface area contributed by atoms with Crippen LogP contribution in [0.4, 0.5) is 0 Å². The number of aliphatic hydroxyl groups is 3. The van der Waals surface area contributed by atoms with Crippen molar-refractivity contribution in [3.63, 3.8) is 0 Å². The van der Waals surface area contributed by atoms with Crippen molar-refractivity contribution in [2.45, 2.75) is 57.0 Å². The lowest BCUT2D eigenvalue weighted by molar-refractivity contribution is -0.194. The van der Waals surface area contributed by atoms with E-state index in [1.165, 1.54) is 20.8 Å². The summed E-state index contributed by atoms with van der Waals surface area (Å²) in [5.41, 5.74) is -4.31. The number of Topliss-reactive ketones (excluding diaryl/α,β-unsaturated/α-hetero) is 1. The Labute approximate surface area is 163 Å². The molecule has 0 saturated carbocycles. The highest BCUT2D eigenvalue weighted by Crippen LogP contribution is 2.32. The summed E-state index contributed by atoms with van der Waals surface area (Å²) < 4.78 is 10.5. The van der Waals surface area contributed by atoms with Gasteiger partial charge in [0.1, 0.15) is 6.61 Å². The molecule has 0 spiro atoms. The molecule has 3 N–H and O–H groups in total. The summed E-state index contributed by atoms with van der Waals surface area (Å²) in [7, 11) is 1.82. The summed E-state index contributed by atoms with van der Waals surface area (Å²) in [5, 5.41) is 31.5. The van der Waals surface area contributed by atoms with E-state index >= 15 is 0 Å². The van der Waals surface area contributed by atoms with Crippen LogP contribution in [0.5, 0.6) is 0 Å². The molecule has 2 heterocycles. The number of hydrogen-bond donors (Lipinski definition) is 3. The van der Waals surface area contributed by atoms with Gasteiger partial charge in [-0.25, -0.2) is 9.59 Å². The number of esters is 2. The third-order valence-corrected chi connectivity index (χ3v) is 5.67. The highest BCUT2D eigenvalue weighted by molar-refractivity contribution is 6.01. The first kappa shape index (κ1) is 22.5. The van der Waals surface area contributed by atoms with E-state index in [9.17, 15) is 29.7 Å². The van der Waals surface area contributed by atoms with Crippen molar-refractivity contribution in [3.8, 4) is 0 Å². The lowest BCUT2D eigenvalue weighted by Crippen LogP contribution is -2.56. The molecule has 0 radical (unpaired) electrons. The maximum absolute atomic E-state index is 12.8. The zero-order valence-electron chi connectivity index (χ0n) is 16.7. The van der Waals surface area contributed by atoms with Crippen molar-refractivity contribution in [1.82, 2.24) is 4.90 Å². The smallest absolute Gasteiger partial charge is 0.341 e. The summed E-state index contributed by atoms with van der Waals surface area (Å²) in [6.07, 6.45) is -1.43. The Kier molecular flexibility index (Phi) is 6.65. The predicted octanol–water partition coefficient (Wildman–Crippen LogP) is -0.825. The third-order valence-electron chi connectivity index (χ3n) is 5.67. The maximum Gasteiger partial charge on any atom is 0.341 e. The van der Waals surface area contributed by atoms with Gasteiger partial charge in [0.25, 0.3) is 0 Å². The number of rotatable bonds is 1. The molecule has 158 valence electrons. The van der Waals surface area contributed by atoms with Crippen LogP contribution in [0.2, 0.25) is 0 Å². The molecule has 28 heavy (non-hydrogen) atoms. The van der Waals surface area contributed by atoms with Crippen LogP contribution in [0, 0.1) is 5.92 Å². The topological polar surface area (TPSA) is 134 Å². The van der Waals surface area contributed by atoms with Crippen LogP contribution in [-0.2, 0) is 23.9 Å². The summed E-state index contributed by atoms with van der Waals surface area (Å²) in [6, 6.07) is 0. The Morgan fingerprint density at radius 3 is 2.50 bits per heavy atom. The van der Waals surface area contributed by atoms with Gasteiger partial charge in [-0.3, -0.25) is 4.79 Å². The largest absolute Gasteiger partial charge is 0.459 e. The molecule has 5 unspecified atom stereocenters. The molecule has 0 aromatic heterocycles. The lowest BCUT2D eigenvalue weighted by atomic mass is 9.79. The van der Waals surface area contributed by atoms with Crippen molar-refractivity contribution in [2.24, 2.45) is 5.92 Å². The number of carbonyl (C=O) groups is 3. The zero-order valence-corrected chi connectivity index (χ0v) is 16.7. The molecule has 1 saturated heterocycles. The number of cyclic esters (lactones) is 1. The number of nitrogens with zero attached hydrogens (tertiary/aromatic N) is 1. The quantitative estimate of drug-likeness (QED) is 0.483. The van der Waals surface area contributed by atoms with Gasteiger partial charge < -0.3 is 29.7 Å². The third kappa shape index (κ3) is 4.43. The minimum Gasteiger partial charge on any atom is -0.459 e. The lowest BCUT2D eigenvalue weighted by Gasteiger charge is -2.37. The molecule has 0 aromatic rings. The number of aliphatic hydroxyl groups excluding tert-OH is 1. The van der Waals surface area contributed by atoms with Crippen LogP contribution in [0.15, 0.2) is 11.6 Å². The molecular weight excluding hydrogens is 370 g/mol. The van der Waals surface area contributed by atoms with E-state index in [0.717, 1.165) is 0 Å². The van der Waals surface area contributed by atoms with Gasteiger partial charge in [0.05, 0.1) is 6.10 Å². The van der Waals surface area contributed by atoms with Gasteiger partial charge in [-0.05, 0) is 33.2 Å². The van der Waals surface area contributed by atoms with Gasteiger partial charge in [-0.1, -0.05) is 13.0 Å². The minimum absolute atomic E-state index is 0.141. The Morgan fingerprint density at radius 1 is 1.25 bits per heavy atom. The first-order valence-corrected chi connectivity index (χ1v) is 9.32. The van der Waals surface area contributed by atoms with E-state index < -0.39 is 53.5 Å². The average molecular weight is 399 g/mol. The maximum atomic E-state index is 12.8. The van der Waals surface area contributed by atoms with Gasteiger partial charge in [0.2, 0.25) is 5.78 Å². The van der Waals surface area contributed by atoms with Crippen LogP contribution in [0.1, 0.15) is 33.6 Å². The van der Waals surface area contributed by atoms with E-state index in [1.807, 2.05) is 11.9 Å². The summed E-state index contributed by atoms with van der Waals surface area (Å²) in [6.45, 7) is 4.39. The van der Waals surface area contributed by atoms with Gasteiger partial charge in [-0.2, -0.15) is 0 Å². The van der Waals surface area contributed by atoms with E-state index in [2.05, 4.69) is 0 Å². The molecule has 0 amide bonds. The Balaban J connectivity index is 2.50. The normalized spacial score (nSPS) is 39.2. The Bertz CT molecular complexity index is 671. The fourth-order valence-electron chi connectivity index (χ4n) is 3.19. The Hall–Kier alpha value is -1.81. The van der Waals surface area contributed by atoms with Crippen molar-refractivity contribution < 1.29 is 39.2 Å². The zero-order chi connectivity index (χ0) is 21.3. The molecule has 0 aliphatic carbocycles. The second kappa shape index (κ2) is 8.28. The highest BCUT2D eigenvalue weighted by Gasteiger charge is 2.50. The van der Waals surface area contributed by atoms with Gasteiger partial charge in [0.15, 0.2) is 17.3 Å². The van der Waals surface area contributed by atoms with Crippen molar-refractivity contribution in [2.75, 3.05) is 26.7 Å². The molecule has 2 aliphatic rings. The molecule has 2 rings (SSSR count). The average Bonchev–Trinajstić information content (AvgIpc) is 2.61. The second-order valence-electron chi connectivity index (χ2n) is 7.97. The SMILES string of the molecule is CC1CC(O)(C(C)O)C(=O)OC2CCN(C)C/C=C(/COC(=O)C1(C)O)C2=O. The fourth-order valence-corrected chi connectivity index (χ4v) is 3.19. The second-order valence-corrected chi connectivity index (χ2v) is 7.97. The minimum atomic E-state index is -2.40. The van der Waals surface area contributed by atoms with Crippen molar-refractivity contribution in [3.05, 3.63) is 11.6 Å². The monoisotopic (exact) mass is 399 g/mol. The number of fused-ring (bicyclic) bond motifs is 2. The highest BCUT2D eigenvalue weighted by atomic mass is 16.6. The molecular formula is C19H29NO8. The molecule has 2 bridgehead atoms. The van der Waals surface area contributed by atoms with E-state index in [0.29, 0.717) is 13.1 Å². The molecule has 9 heteroatoms. The summed E-state index contributed by atoms with van der Waals surface area (Å²) in [4.78, 5) is 39.9. The van der Waals surface area contributed by atoms with Crippen LogP contribution < -0.4 is 0 Å². The standard InChI is InChI=1S/C19H29NO8/c1-11-9-19(26,12(2)21)17(24)28-14-6-8-20(4)7-5-13(15(14)22)10-27-16(23)18(11,3)25/h5,11-12,14,21,25-26H,6-10H2,1-4H3/b13-5-. The number of ether oxygens (including phenoxy) is 2. The van der Waals surface area contributed by atoms with Crippen LogP contribution >= 0.6 is 0 Å². The van der Waals surface area contributed by atoms with Crippen molar-refractivity contribution in [1.29, 1.82) is 0 Å². The van der Waals surface area contributed by atoms with E-state index in [-0.39, 0.29) is 18.6 Å². The first-order chi connectivity index (χ1) is 12.9. The number of likely N-dealkylation sites (N-methyl/N-ethyl adjacent to an activating group) is 1. The van der Waals surface area contributed by atoms with Gasteiger partial charge >= 0.3 is 11.9 Å².